The topological polar surface area (TPSA) is 89.9 Å². The van der Waals surface area contributed by atoms with E-state index >= 15 is 0 Å². The van der Waals surface area contributed by atoms with Crippen molar-refractivity contribution < 1.29 is 13.7 Å². The summed E-state index contributed by atoms with van der Waals surface area (Å²) >= 11 is 5.71. The maximum absolute atomic E-state index is 13.6. The molecular formula is C18H18ClFN6O2. The van der Waals surface area contributed by atoms with Crippen LogP contribution in [-0.4, -0.2) is 48.8 Å². The molecule has 0 spiro atoms. The Morgan fingerprint density at radius 3 is 2.82 bits per heavy atom. The first-order chi connectivity index (χ1) is 13.5. The van der Waals surface area contributed by atoms with E-state index in [1.54, 1.807) is 17.8 Å². The van der Waals surface area contributed by atoms with Gasteiger partial charge in [0.15, 0.2) is 0 Å². The van der Waals surface area contributed by atoms with Gasteiger partial charge in [-0.15, -0.1) is 0 Å². The molecule has 0 radical (unpaired) electrons. The van der Waals surface area contributed by atoms with Crippen LogP contribution in [0.4, 0.5) is 4.39 Å². The van der Waals surface area contributed by atoms with Crippen LogP contribution >= 0.6 is 11.6 Å². The maximum atomic E-state index is 13.6. The number of hydrogen-bond donors (Lipinski definition) is 0. The van der Waals surface area contributed by atoms with Gasteiger partial charge in [0.2, 0.25) is 17.6 Å². The summed E-state index contributed by atoms with van der Waals surface area (Å²) in [6, 6.07) is 4.39. The van der Waals surface area contributed by atoms with E-state index in [1.807, 2.05) is 4.90 Å². The third-order valence-electron chi connectivity index (χ3n) is 4.93. The summed E-state index contributed by atoms with van der Waals surface area (Å²) in [6.45, 7) is 1.21. The summed E-state index contributed by atoms with van der Waals surface area (Å²) in [6.07, 6.45) is 3.12. The number of nitrogens with zero attached hydrogens (tertiary/aromatic N) is 6. The normalized spacial score (nSPS) is 15.2. The fourth-order valence-electron chi connectivity index (χ4n) is 3.26. The van der Waals surface area contributed by atoms with Gasteiger partial charge in [0.1, 0.15) is 18.0 Å². The van der Waals surface area contributed by atoms with Crippen LogP contribution in [0.5, 0.6) is 0 Å². The number of likely N-dealkylation sites (tertiary alicyclic amines) is 1. The lowest BCUT2D eigenvalue weighted by Crippen LogP contribution is -2.39. The largest absolute Gasteiger partial charge is 0.342 e. The van der Waals surface area contributed by atoms with Crippen LogP contribution in [0.2, 0.25) is 5.02 Å². The molecule has 1 amide bonds. The number of aryl methyl sites for hydroxylation is 1. The lowest BCUT2D eigenvalue weighted by Gasteiger charge is -2.30. The molecule has 4 rings (SSSR count). The fraction of sp³-hybridized carbons (Fsp3) is 0.389. The second-order valence-electron chi connectivity index (χ2n) is 6.72. The Morgan fingerprint density at radius 1 is 1.36 bits per heavy atom. The summed E-state index contributed by atoms with van der Waals surface area (Å²) in [5.74, 6) is 1.04. The molecule has 2 aromatic heterocycles. The highest BCUT2D eigenvalue weighted by Gasteiger charge is 2.28. The summed E-state index contributed by atoms with van der Waals surface area (Å²) in [4.78, 5) is 22.8. The molecule has 3 heterocycles. The Balaban J connectivity index is 1.37. The van der Waals surface area contributed by atoms with E-state index in [-0.39, 0.29) is 23.3 Å². The molecule has 1 aliphatic rings. The van der Waals surface area contributed by atoms with Crippen molar-refractivity contribution in [1.29, 1.82) is 0 Å². The molecule has 3 aromatic rings. The van der Waals surface area contributed by atoms with Gasteiger partial charge in [-0.2, -0.15) is 10.1 Å². The molecule has 0 bridgehead atoms. The molecule has 8 nitrogen and oxygen atoms in total. The van der Waals surface area contributed by atoms with Crippen LogP contribution < -0.4 is 0 Å². The number of hydrogen-bond acceptors (Lipinski definition) is 6. The van der Waals surface area contributed by atoms with Crippen molar-refractivity contribution in [3.63, 3.8) is 0 Å². The average molecular weight is 405 g/mol. The SMILES string of the molecule is Cn1ncnc1CC(=O)N1CCC(c2nc(-c3ccc(Cl)c(F)c3)no2)CC1. The van der Waals surface area contributed by atoms with Crippen LogP contribution in [0.3, 0.4) is 0 Å². The summed E-state index contributed by atoms with van der Waals surface area (Å²) in [5.41, 5.74) is 0.508. The Bertz CT molecular complexity index is 996. The van der Waals surface area contributed by atoms with Gasteiger partial charge >= 0.3 is 0 Å². The highest BCUT2D eigenvalue weighted by Crippen LogP contribution is 2.29. The minimum absolute atomic E-state index is 0.0254. The molecule has 1 fully saturated rings. The van der Waals surface area contributed by atoms with Crippen LogP contribution in [0.25, 0.3) is 11.4 Å². The Hall–Kier alpha value is -2.81. The first-order valence-electron chi connectivity index (χ1n) is 8.91. The van der Waals surface area contributed by atoms with Gasteiger partial charge in [-0.3, -0.25) is 9.48 Å². The molecule has 146 valence electrons. The molecule has 0 aliphatic carbocycles. The van der Waals surface area contributed by atoms with Gasteiger partial charge in [-0.25, -0.2) is 9.37 Å². The number of carbonyl (C=O) groups excluding carboxylic acids is 1. The molecule has 28 heavy (non-hydrogen) atoms. The van der Waals surface area contributed by atoms with E-state index in [0.717, 1.165) is 12.8 Å². The van der Waals surface area contributed by atoms with Crippen LogP contribution in [0.1, 0.15) is 30.5 Å². The van der Waals surface area contributed by atoms with Crippen molar-refractivity contribution in [3.8, 4) is 11.4 Å². The predicted octanol–water partition coefficient (Wildman–Crippen LogP) is 2.61. The molecule has 1 saturated heterocycles. The molecule has 10 heteroatoms. The zero-order chi connectivity index (χ0) is 19.7. The van der Waals surface area contributed by atoms with E-state index in [4.69, 9.17) is 16.1 Å². The third kappa shape index (κ3) is 3.75. The van der Waals surface area contributed by atoms with E-state index in [1.165, 1.54) is 18.5 Å². The van der Waals surface area contributed by atoms with E-state index < -0.39 is 5.82 Å². The Morgan fingerprint density at radius 2 is 2.14 bits per heavy atom. The van der Waals surface area contributed by atoms with Crippen molar-refractivity contribution >= 4 is 17.5 Å². The second kappa shape index (κ2) is 7.67. The van der Waals surface area contributed by atoms with Gasteiger partial charge in [0.05, 0.1) is 11.4 Å². The van der Waals surface area contributed by atoms with E-state index in [2.05, 4.69) is 20.2 Å². The second-order valence-corrected chi connectivity index (χ2v) is 7.12. The Kier molecular flexibility index (Phi) is 5.08. The van der Waals surface area contributed by atoms with Crippen LogP contribution in [0, 0.1) is 5.82 Å². The summed E-state index contributed by atoms with van der Waals surface area (Å²) in [5, 5.41) is 7.98. The Labute approximate surface area is 165 Å². The lowest BCUT2D eigenvalue weighted by molar-refractivity contribution is -0.131. The zero-order valence-corrected chi connectivity index (χ0v) is 15.9. The van der Waals surface area contributed by atoms with Crippen LogP contribution in [-0.2, 0) is 18.3 Å². The van der Waals surface area contributed by atoms with Gasteiger partial charge in [0, 0.05) is 31.6 Å². The molecule has 0 N–H and O–H groups in total. The van der Waals surface area contributed by atoms with Gasteiger partial charge < -0.3 is 9.42 Å². The zero-order valence-electron chi connectivity index (χ0n) is 15.2. The molecule has 0 saturated carbocycles. The van der Waals surface area contributed by atoms with E-state index in [0.29, 0.717) is 36.2 Å². The molecular weight excluding hydrogens is 387 g/mol. The predicted molar refractivity (Wildman–Crippen MR) is 98.0 cm³/mol. The number of halogens is 2. The molecule has 1 aliphatic heterocycles. The van der Waals surface area contributed by atoms with Crippen molar-refractivity contribution in [1.82, 2.24) is 29.8 Å². The van der Waals surface area contributed by atoms with Crippen LogP contribution in [0.15, 0.2) is 29.0 Å². The smallest absolute Gasteiger partial charge is 0.230 e. The number of rotatable bonds is 4. The number of piperidine rings is 1. The molecule has 1 aromatic carbocycles. The van der Waals surface area contributed by atoms with Crippen molar-refractivity contribution in [3.05, 3.63) is 47.1 Å². The molecule has 0 unspecified atom stereocenters. The molecule has 0 atom stereocenters. The standard InChI is InChI=1S/C18H18ClFN6O2/c1-25-15(21-10-22-25)9-16(27)26-6-4-11(5-7-26)18-23-17(24-28-18)12-2-3-13(19)14(20)8-12/h2-3,8,10-11H,4-7,9H2,1H3. The minimum atomic E-state index is -0.528. The van der Waals surface area contributed by atoms with Gasteiger partial charge in [0.25, 0.3) is 0 Å². The summed E-state index contributed by atoms with van der Waals surface area (Å²) in [7, 11) is 1.77. The number of aromatic nitrogens is 5. The van der Waals surface area contributed by atoms with Gasteiger partial charge in [-0.05, 0) is 31.0 Å². The first kappa shape index (κ1) is 18.5. The lowest BCUT2D eigenvalue weighted by atomic mass is 9.96. The fourth-order valence-corrected chi connectivity index (χ4v) is 3.37. The van der Waals surface area contributed by atoms with E-state index in [9.17, 15) is 9.18 Å². The summed E-state index contributed by atoms with van der Waals surface area (Å²) < 4.78 is 20.6. The monoisotopic (exact) mass is 404 g/mol. The number of carbonyl (C=O) groups is 1. The van der Waals surface area contributed by atoms with Crippen molar-refractivity contribution in [2.45, 2.75) is 25.2 Å². The first-order valence-corrected chi connectivity index (χ1v) is 9.28. The third-order valence-corrected chi connectivity index (χ3v) is 5.24. The average Bonchev–Trinajstić information content (AvgIpc) is 3.34. The quantitative estimate of drug-likeness (QED) is 0.664. The van der Waals surface area contributed by atoms with Gasteiger partial charge in [-0.1, -0.05) is 16.8 Å². The maximum Gasteiger partial charge on any atom is 0.230 e. The number of benzene rings is 1. The highest BCUT2D eigenvalue weighted by atomic mass is 35.5. The van der Waals surface area contributed by atoms with Crippen molar-refractivity contribution in [2.75, 3.05) is 13.1 Å². The van der Waals surface area contributed by atoms with Crippen molar-refractivity contribution in [2.24, 2.45) is 7.05 Å². The minimum Gasteiger partial charge on any atom is -0.342 e. The number of amides is 1. The highest BCUT2D eigenvalue weighted by molar-refractivity contribution is 6.30.